The first-order chi connectivity index (χ1) is 14.8. The molecule has 0 aromatic heterocycles. The maximum Gasteiger partial charge on any atom is 0.264 e. The van der Waals surface area contributed by atoms with Gasteiger partial charge in [0.25, 0.3) is 10.0 Å². The van der Waals surface area contributed by atoms with Crippen molar-refractivity contribution < 1.29 is 13.2 Å². The van der Waals surface area contributed by atoms with Gasteiger partial charge >= 0.3 is 0 Å². The van der Waals surface area contributed by atoms with Crippen molar-refractivity contribution in [3.05, 3.63) is 88.9 Å². The summed E-state index contributed by atoms with van der Waals surface area (Å²) in [7, 11) is -2.19. The second-order valence-electron chi connectivity index (χ2n) is 7.72. The highest BCUT2D eigenvalue weighted by molar-refractivity contribution is 7.92. The lowest BCUT2D eigenvalue weighted by Gasteiger charge is -2.23. The van der Waals surface area contributed by atoms with Crippen LogP contribution in [0.2, 0.25) is 5.02 Å². The molecule has 0 unspecified atom stereocenters. The molecule has 0 aliphatic carbocycles. The molecule has 160 valence electrons. The van der Waals surface area contributed by atoms with Gasteiger partial charge in [-0.15, -0.1) is 0 Å². The number of para-hydroxylation sites is 1. The van der Waals surface area contributed by atoms with Crippen LogP contribution in [0.3, 0.4) is 0 Å². The van der Waals surface area contributed by atoms with Crippen LogP contribution >= 0.6 is 11.6 Å². The Hall–Kier alpha value is -2.83. The van der Waals surface area contributed by atoms with Crippen molar-refractivity contribution in [1.82, 2.24) is 0 Å². The van der Waals surface area contributed by atoms with Crippen molar-refractivity contribution in [2.75, 3.05) is 16.3 Å². The van der Waals surface area contributed by atoms with Gasteiger partial charge in [0, 0.05) is 23.8 Å². The van der Waals surface area contributed by atoms with Gasteiger partial charge in [0.1, 0.15) is 0 Å². The Morgan fingerprint density at radius 1 is 1.03 bits per heavy atom. The molecule has 1 heterocycles. The fourth-order valence-electron chi connectivity index (χ4n) is 3.93. The molecular weight excluding hydrogens is 432 g/mol. The van der Waals surface area contributed by atoms with E-state index in [-0.39, 0.29) is 23.3 Å². The molecule has 4 rings (SSSR count). The van der Waals surface area contributed by atoms with Crippen molar-refractivity contribution in [2.24, 2.45) is 0 Å². The standard InChI is InChI=1S/C24H23ClN2O3S/c1-17-15-19-5-3-4-6-23(19)27(17)24(28)16-18-7-11-21(12-8-18)26(2)31(29,30)22-13-9-20(25)10-14-22/h3-14,17H,15-16H2,1-2H3/t17-/m0/s1. The summed E-state index contributed by atoms with van der Waals surface area (Å²) in [6.45, 7) is 2.05. The monoisotopic (exact) mass is 454 g/mol. The highest BCUT2D eigenvalue weighted by Gasteiger charge is 2.30. The first-order valence-electron chi connectivity index (χ1n) is 10.0. The van der Waals surface area contributed by atoms with Crippen molar-refractivity contribution in [3.8, 4) is 0 Å². The number of anilines is 2. The Morgan fingerprint density at radius 3 is 2.35 bits per heavy atom. The van der Waals surface area contributed by atoms with E-state index in [0.717, 1.165) is 17.7 Å². The van der Waals surface area contributed by atoms with Crippen LogP contribution in [-0.4, -0.2) is 27.4 Å². The van der Waals surface area contributed by atoms with E-state index in [4.69, 9.17) is 11.6 Å². The van der Waals surface area contributed by atoms with E-state index in [0.29, 0.717) is 10.7 Å². The molecule has 31 heavy (non-hydrogen) atoms. The van der Waals surface area contributed by atoms with Gasteiger partial charge in [0.05, 0.1) is 17.0 Å². The molecular formula is C24H23ClN2O3S. The minimum absolute atomic E-state index is 0.0346. The third-order valence-corrected chi connectivity index (χ3v) is 7.66. The van der Waals surface area contributed by atoms with Crippen molar-refractivity contribution >= 4 is 38.9 Å². The lowest BCUT2D eigenvalue weighted by atomic mass is 10.1. The fourth-order valence-corrected chi connectivity index (χ4v) is 5.25. The molecule has 0 saturated heterocycles. The van der Waals surface area contributed by atoms with Crippen LogP contribution in [0, 0.1) is 0 Å². The number of benzene rings is 3. The van der Waals surface area contributed by atoms with Crippen LogP contribution < -0.4 is 9.21 Å². The first kappa shape index (κ1) is 21.4. The molecule has 1 atom stereocenters. The molecule has 3 aromatic carbocycles. The lowest BCUT2D eigenvalue weighted by Crippen LogP contribution is -2.36. The van der Waals surface area contributed by atoms with Gasteiger partial charge in [-0.25, -0.2) is 8.42 Å². The number of rotatable bonds is 5. The van der Waals surface area contributed by atoms with Gasteiger partial charge in [-0.1, -0.05) is 41.9 Å². The van der Waals surface area contributed by atoms with Gasteiger partial charge < -0.3 is 4.90 Å². The maximum absolute atomic E-state index is 13.0. The summed E-state index contributed by atoms with van der Waals surface area (Å²) >= 11 is 5.86. The largest absolute Gasteiger partial charge is 0.309 e. The fraction of sp³-hybridized carbons (Fsp3) is 0.208. The van der Waals surface area contributed by atoms with Crippen molar-refractivity contribution in [3.63, 3.8) is 0 Å². The van der Waals surface area contributed by atoms with E-state index in [1.165, 1.54) is 29.0 Å². The number of sulfonamides is 1. The van der Waals surface area contributed by atoms with Crippen molar-refractivity contribution in [2.45, 2.75) is 30.7 Å². The Bertz CT molecular complexity index is 1210. The second-order valence-corrected chi connectivity index (χ2v) is 10.1. The van der Waals surface area contributed by atoms with Gasteiger partial charge in [-0.2, -0.15) is 0 Å². The average Bonchev–Trinajstić information content (AvgIpc) is 3.10. The Morgan fingerprint density at radius 2 is 1.68 bits per heavy atom. The molecule has 1 amide bonds. The Labute approximate surface area is 187 Å². The van der Waals surface area contributed by atoms with E-state index in [1.54, 1.807) is 36.4 Å². The van der Waals surface area contributed by atoms with Crippen molar-refractivity contribution in [1.29, 1.82) is 0 Å². The van der Waals surface area contributed by atoms with Gasteiger partial charge in [0.2, 0.25) is 5.91 Å². The summed E-state index contributed by atoms with van der Waals surface area (Å²) in [5.41, 5.74) is 3.52. The smallest absolute Gasteiger partial charge is 0.264 e. The molecule has 0 radical (unpaired) electrons. The highest BCUT2D eigenvalue weighted by Crippen LogP contribution is 2.32. The molecule has 0 N–H and O–H groups in total. The molecule has 1 aliphatic heterocycles. The zero-order valence-corrected chi connectivity index (χ0v) is 18.9. The predicted octanol–water partition coefficient (Wildman–Crippen LogP) is 4.69. The zero-order chi connectivity index (χ0) is 22.2. The molecule has 7 heteroatoms. The number of hydrogen-bond acceptors (Lipinski definition) is 3. The molecule has 0 fully saturated rings. The summed E-state index contributed by atoms with van der Waals surface area (Å²) in [5.74, 6) is 0.0346. The predicted molar refractivity (Wildman–Crippen MR) is 124 cm³/mol. The maximum atomic E-state index is 13.0. The van der Waals surface area contributed by atoms with Crippen LogP contribution in [0.5, 0.6) is 0 Å². The second kappa shape index (κ2) is 8.36. The lowest BCUT2D eigenvalue weighted by molar-refractivity contribution is -0.118. The minimum atomic E-state index is -3.70. The third kappa shape index (κ3) is 4.18. The summed E-state index contributed by atoms with van der Waals surface area (Å²) < 4.78 is 26.9. The normalized spacial score (nSPS) is 15.6. The third-order valence-electron chi connectivity index (χ3n) is 5.60. The zero-order valence-electron chi connectivity index (χ0n) is 17.3. The average molecular weight is 455 g/mol. The van der Waals surface area contributed by atoms with Gasteiger partial charge in [-0.3, -0.25) is 9.10 Å². The molecule has 0 bridgehead atoms. The number of carbonyl (C=O) groups excluding carboxylic acids is 1. The topological polar surface area (TPSA) is 57.7 Å². The van der Waals surface area contributed by atoms with E-state index in [9.17, 15) is 13.2 Å². The Kier molecular flexibility index (Phi) is 5.77. The van der Waals surface area contributed by atoms with Crippen LogP contribution in [-0.2, 0) is 27.7 Å². The molecule has 3 aromatic rings. The highest BCUT2D eigenvalue weighted by atomic mass is 35.5. The number of nitrogens with zero attached hydrogens (tertiary/aromatic N) is 2. The number of fused-ring (bicyclic) bond motifs is 1. The molecule has 0 spiro atoms. The van der Waals surface area contributed by atoms with Crippen LogP contribution in [0.15, 0.2) is 77.7 Å². The van der Waals surface area contributed by atoms with Crippen LogP contribution in [0.4, 0.5) is 11.4 Å². The van der Waals surface area contributed by atoms with E-state index < -0.39 is 10.0 Å². The van der Waals surface area contributed by atoms with Gasteiger partial charge in [-0.05, 0) is 66.9 Å². The summed E-state index contributed by atoms with van der Waals surface area (Å²) in [6.07, 6.45) is 1.11. The van der Waals surface area contributed by atoms with E-state index in [1.807, 2.05) is 23.1 Å². The molecule has 0 saturated carbocycles. The minimum Gasteiger partial charge on any atom is -0.309 e. The van der Waals surface area contributed by atoms with Gasteiger partial charge in [0.15, 0.2) is 0 Å². The molecule has 1 aliphatic rings. The molecule has 5 nitrogen and oxygen atoms in total. The van der Waals surface area contributed by atoms with Crippen LogP contribution in [0.25, 0.3) is 0 Å². The number of halogens is 1. The first-order valence-corrected chi connectivity index (χ1v) is 11.8. The Balaban J connectivity index is 1.49. The van der Waals surface area contributed by atoms with E-state index >= 15 is 0 Å². The SMILES string of the molecule is C[C@H]1Cc2ccccc2N1C(=O)Cc1ccc(N(C)S(=O)(=O)c2ccc(Cl)cc2)cc1. The number of hydrogen-bond donors (Lipinski definition) is 0. The summed E-state index contributed by atoms with van der Waals surface area (Å²) in [4.78, 5) is 15.0. The number of carbonyl (C=O) groups is 1. The van der Waals surface area contributed by atoms with Crippen LogP contribution in [0.1, 0.15) is 18.1 Å². The number of amides is 1. The summed E-state index contributed by atoms with van der Waals surface area (Å²) in [6, 6.07) is 21.2. The van der Waals surface area contributed by atoms with E-state index in [2.05, 4.69) is 13.0 Å². The summed E-state index contributed by atoms with van der Waals surface area (Å²) in [5, 5.41) is 0.477. The quantitative estimate of drug-likeness (QED) is 0.562.